The Hall–Kier alpha value is -2.56. The SMILES string of the molecule is COc1cc(NC(=O)Cc2ccccc2F)cc(OC)c1. The molecule has 0 unspecified atom stereocenters. The minimum absolute atomic E-state index is 0.0355. The first-order valence-corrected chi connectivity index (χ1v) is 6.38. The number of methoxy groups -OCH3 is 2. The highest BCUT2D eigenvalue weighted by atomic mass is 19.1. The van der Waals surface area contributed by atoms with Gasteiger partial charge in [0.1, 0.15) is 17.3 Å². The Balaban J connectivity index is 2.11. The minimum atomic E-state index is -0.393. The summed E-state index contributed by atoms with van der Waals surface area (Å²) in [4.78, 5) is 12.0. The van der Waals surface area contributed by atoms with Crippen molar-refractivity contribution >= 4 is 11.6 Å². The number of hydrogen-bond donors (Lipinski definition) is 1. The van der Waals surface area contributed by atoms with Gasteiger partial charge in [-0.1, -0.05) is 18.2 Å². The van der Waals surface area contributed by atoms with Crippen LogP contribution in [0.1, 0.15) is 5.56 Å². The van der Waals surface area contributed by atoms with Gasteiger partial charge in [0.05, 0.1) is 20.6 Å². The lowest BCUT2D eigenvalue weighted by Gasteiger charge is -2.10. The predicted octanol–water partition coefficient (Wildman–Crippen LogP) is 3.02. The number of hydrogen-bond acceptors (Lipinski definition) is 3. The van der Waals surface area contributed by atoms with Crippen LogP contribution in [0.25, 0.3) is 0 Å². The maximum atomic E-state index is 13.5. The van der Waals surface area contributed by atoms with E-state index >= 15 is 0 Å². The second-order valence-corrected chi connectivity index (χ2v) is 4.42. The highest BCUT2D eigenvalue weighted by Gasteiger charge is 2.09. The Morgan fingerprint density at radius 1 is 1.10 bits per heavy atom. The standard InChI is InChI=1S/C16H16FNO3/c1-20-13-8-12(9-14(10-13)21-2)18-16(19)7-11-5-3-4-6-15(11)17/h3-6,8-10H,7H2,1-2H3,(H,18,19). The Labute approximate surface area is 122 Å². The normalized spacial score (nSPS) is 10.0. The van der Waals surface area contributed by atoms with Crippen LogP contribution >= 0.6 is 0 Å². The van der Waals surface area contributed by atoms with Crippen LogP contribution in [-0.4, -0.2) is 20.1 Å². The minimum Gasteiger partial charge on any atom is -0.497 e. The predicted molar refractivity (Wildman–Crippen MR) is 78.3 cm³/mol. The van der Waals surface area contributed by atoms with Gasteiger partial charge in [-0.25, -0.2) is 4.39 Å². The van der Waals surface area contributed by atoms with Crippen LogP contribution in [0.2, 0.25) is 0 Å². The summed E-state index contributed by atoms with van der Waals surface area (Å²) in [5.41, 5.74) is 0.886. The van der Waals surface area contributed by atoms with Gasteiger partial charge in [0.2, 0.25) is 5.91 Å². The molecule has 0 aliphatic rings. The lowest BCUT2D eigenvalue weighted by Crippen LogP contribution is -2.15. The summed E-state index contributed by atoms with van der Waals surface area (Å²) in [5, 5.41) is 2.70. The Morgan fingerprint density at radius 3 is 2.29 bits per heavy atom. The fourth-order valence-corrected chi connectivity index (χ4v) is 1.90. The number of ether oxygens (including phenoxy) is 2. The van der Waals surface area contributed by atoms with Crippen LogP contribution in [0.15, 0.2) is 42.5 Å². The van der Waals surface area contributed by atoms with Crippen molar-refractivity contribution in [3.8, 4) is 11.5 Å². The summed E-state index contributed by atoms with van der Waals surface area (Å²) in [5.74, 6) is 0.428. The van der Waals surface area contributed by atoms with Crippen molar-refractivity contribution in [3.63, 3.8) is 0 Å². The van der Waals surface area contributed by atoms with Gasteiger partial charge in [-0.05, 0) is 11.6 Å². The van der Waals surface area contributed by atoms with Crippen molar-refractivity contribution in [3.05, 3.63) is 53.8 Å². The average Bonchev–Trinajstić information content (AvgIpc) is 2.49. The fourth-order valence-electron chi connectivity index (χ4n) is 1.90. The van der Waals surface area contributed by atoms with Gasteiger partial charge in [0, 0.05) is 23.9 Å². The van der Waals surface area contributed by atoms with E-state index in [1.54, 1.807) is 36.4 Å². The molecule has 2 aromatic rings. The summed E-state index contributed by atoms with van der Waals surface area (Å²) in [6.45, 7) is 0. The van der Waals surface area contributed by atoms with Gasteiger partial charge in [-0.2, -0.15) is 0 Å². The summed E-state index contributed by atoms with van der Waals surface area (Å²) in [7, 11) is 3.06. The molecule has 0 aromatic heterocycles. The number of rotatable bonds is 5. The second-order valence-electron chi connectivity index (χ2n) is 4.42. The summed E-state index contributed by atoms with van der Waals surface area (Å²) < 4.78 is 23.8. The second kappa shape index (κ2) is 6.74. The largest absolute Gasteiger partial charge is 0.497 e. The molecule has 0 bridgehead atoms. The van der Waals surface area contributed by atoms with Crippen LogP contribution in [-0.2, 0) is 11.2 Å². The highest BCUT2D eigenvalue weighted by Crippen LogP contribution is 2.25. The Bertz CT molecular complexity index is 621. The van der Waals surface area contributed by atoms with E-state index in [-0.39, 0.29) is 12.3 Å². The van der Waals surface area contributed by atoms with Crippen molar-refractivity contribution < 1.29 is 18.7 Å². The van der Waals surface area contributed by atoms with Crippen LogP contribution in [0.5, 0.6) is 11.5 Å². The average molecular weight is 289 g/mol. The first-order chi connectivity index (χ1) is 10.1. The van der Waals surface area contributed by atoms with E-state index in [9.17, 15) is 9.18 Å². The Morgan fingerprint density at radius 2 is 1.71 bits per heavy atom. The molecule has 0 radical (unpaired) electrons. The molecule has 4 nitrogen and oxygen atoms in total. The number of carbonyl (C=O) groups excluding carboxylic acids is 1. The van der Waals surface area contributed by atoms with Gasteiger partial charge in [0.15, 0.2) is 0 Å². The zero-order valence-corrected chi connectivity index (χ0v) is 11.9. The maximum absolute atomic E-state index is 13.5. The lowest BCUT2D eigenvalue weighted by molar-refractivity contribution is -0.115. The summed E-state index contributed by atoms with van der Waals surface area (Å²) in [6, 6.07) is 11.2. The topological polar surface area (TPSA) is 47.6 Å². The monoisotopic (exact) mass is 289 g/mol. The molecule has 5 heteroatoms. The lowest BCUT2D eigenvalue weighted by atomic mass is 10.1. The first-order valence-electron chi connectivity index (χ1n) is 6.38. The molecule has 2 aromatic carbocycles. The van der Waals surface area contributed by atoms with Gasteiger partial charge < -0.3 is 14.8 Å². The fraction of sp³-hybridized carbons (Fsp3) is 0.188. The molecule has 0 aliphatic carbocycles. The third kappa shape index (κ3) is 3.95. The highest BCUT2D eigenvalue weighted by molar-refractivity contribution is 5.92. The molecule has 0 atom stereocenters. The molecular weight excluding hydrogens is 273 g/mol. The van der Waals surface area contributed by atoms with E-state index in [2.05, 4.69) is 5.32 Å². The summed E-state index contributed by atoms with van der Waals surface area (Å²) >= 11 is 0. The van der Waals surface area contributed by atoms with Crippen molar-refractivity contribution in [2.45, 2.75) is 6.42 Å². The van der Waals surface area contributed by atoms with Gasteiger partial charge in [-0.15, -0.1) is 0 Å². The molecule has 0 spiro atoms. The van der Waals surface area contributed by atoms with Gasteiger partial charge in [0.25, 0.3) is 0 Å². The summed E-state index contributed by atoms with van der Waals surface area (Å²) in [6.07, 6.45) is -0.0355. The molecule has 0 fully saturated rings. The molecule has 0 saturated carbocycles. The van der Waals surface area contributed by atoms with E-state index in [0.717, 1.165) is 0 Å². The zero-order chi connectivity index (χ0) is 15.2. The van der Waals surface area contributed by atoms with E-state index in [0.29, 0.717) is 22.7 Å². The third-order valence-electron chi connectivity index (χ3n) is 2.94. The van der Waals surface area contributed by atoms with Crippen molar-refractivity contribution in [2.75, 3.05) is 19.5 Å². The number of carbonyl (C=O) groups is 1. The molecule has 0 saturated heterocycles. The van der Waals surface area contributed by atoms with Crippen LogP contribution in [0.3, 0.4) is 0 Å². The Kier molecular flexibility index (Phi) is 4.77. The molecule has 110 valence electrons. The number of benzene rings is 2. The van der Waals surface area contributed by atoms with Crippen LogP contribution in [0.4, 0.5) is 10.1 Å². The van der Waals surface area contributed by atoms with E-state index in [1.165, 1.54) is 20.3 Å². The number of amides is 1. The molecular formula is C16H16FNO3. The van der Waals surface area contributed by atoms with Gasteiger partial charge in [-0.3, -0.25) is 4.79 Å². The quantitative estimate of drug-likeness (QED) is 0.920. The van der Waals surface area contributed by atoms with Crippen molar-refractivity contribution in [1.29, 1.82) is 0 Å². The van der Waals surface area contributed by atoms with Crippen molar-refractivity contribution in [2.24, 2.45) is 0 Å². The molecule has 2 rings (SSSR count). The van der Waals surface area contributed by atoms with E-state index in [4.69, 9.17) is 9.47 Å². The van der Waals surface area contributed by atoms with Crippen LogP contribution < -0.4 is 14.8 Å². The third-order valence-corrected chi connectivity index (χ3v) is 2.94. The zero-order valence-electron chi connectivity index (χ0n) is 11.9. The molecule has 0 aliphatic heterocycles. The van der Waals surface area contributed by atoms with E-state index < -0.39 is 5.82 Å². The first kappa shape index (κ1) is 14.8. The van der Waals surface area contributed by atoms with Gasteiger partial charge >= 0.3 is 0 Å². The maximum Gasteiger partial charge on any atom is 0.228 e. The number of nitrogens with one attached hydrogen (secondary N) is 1. The number of halogens is 1. The number of anilines is 1. The smallest absolute Gasteiger partial charge is 0.228 e. The molecule has 0 heterocycles. The molecule has 1 amide bonds. The van der Waals surface area contributed by atoms with Crippen LogP contribution in [0, 0.1) is 5.82 Å². The van der Waals surface area contributed by atoms with Crippen molar-refractivity contribution in [1.82, 2.24) is 0 Å². The molecule has 1 N–H and O–H groups in total. The van der Waals surface area contributed by atoms with E-state index in [1.807, 2.05) is 0 Å². The molecule has 21 heavy (non-hydrogen) atoms.